The first-order valence-corrected chi connectivity index (χ1v) is 9.51. The van der Waals surface area contributed by atoms with Crippen molar-refractivity contribution < 1.29 is 57.0 Å². The van der Waals surface area contributed by atoms with Crippen LogP contribution < -0.4 is 23.9 Å². The number of hydrogen-bond donors (Lipinski definition) is 4. The normalized spacial score (nSPS) is 11.7. The molecule has 2 atom stereocenters. The van der Waals surface area contributed by atoms with E-state index in [1.807, 2.05) is 0 Å². The van der Waals surface area contributed by atoms with Crippen molar-refractivity contribution in [2.75, 3.05) is 13.2 Å². The summed E-state index contributed by atoms with van der Waals surface area (Å²) in [5.41, 5.74) is 8.48. The number of esters is 2. The summed E-state index contributed by atoms with van der Waals surface area (Å²) in [4.78, 5) is 42.6. The Bertz CT molecular complexity index is 477. The number of halogens is 1. The second-order valence-corrected chi connectivity index (χ2v) is 6.25. The summed E-state index contributed by atoms with van der Waals surface area (Å²) in [5.74, 6) is -3.29. The fourth-order valence-electron chi connectivity index (χ4n) is 1.80. The highest BCUT2D eigenvalue weighted by atomic mass is 35.5. The number of carbonyl (C=O) groups excluding carboxylic acids is 2. The van der Waals surface area contributed by atoms with E-state index in [0.717, 1.165) is 38.5 Å². The molecule has 0 radical (unpaired) electrons. The van der Waals surface area contributed by atoms with Gasteiger partial charge in [0.25, 0.3) is 0 Å². The molecule has 0 saturated carbocycles. The minimum atomic E-state index is -1.29. The smallest absolute Gasteiger partial charge is 0.365 e. The van der Waals surface area contributed by atoms with E-state index >= 15 is 0 Å². The Morgan fingerprint density at radius 3 is 1.76 bits per heavy atom. The molecule has 0 fully saturated rings. The van der Waals surface area contributed by atoms with Gasteiger partial charge in [0.1, 0.15) is 12.5 Å². The summed E-state index contributed by atoms with van der Waals surface area (Å²) in [7, 11) is 0. The van der Waals surface area contributed by atoms with Crippen LogP contribution in [-0.2, 0) is 28.7 Å². The van der Waals surface area contributed by atoms with Crippen LogP contribution in [0, 0.1) is 0 Å². The van der Waals surface area contributed by atoms with E-state index in [1.165, 1.54) is 0 Å². The molecule has 0 saturated heterocycles. The molecule has 0 aliphatic carbocycles. The highest BCUT2D eigenvalue weighted by molar-refractivity contribution is 5.81. The van der Waals surface area contributed by atoms with E-state index < -0.39 is 36.4 Å². The number of unbranched alkanes of at least 4 members (excludes halogenated alkanes) is 4. The molecule has 172 valence electrons. The molecule has 11 heteroatoms. The molecule has 0 bridgehead atoms. The van der Waals surface area contributed by atoms with Gasteiger partial charge in [-0.15, -0.1) is 0 Å². The third kappa shape index (κ3) is 22.2. The van der Waals surface area contributed by atoms with Crippen LogP contribution in [0.2, 0.25) is 0 Å². The molecule has 29 heavy (non-hydrogen) atoms. The number of rotatable bonds is 14. The van der Waals surface area contributed by atoms with Crippen LogP contribution in [0.25, 0.3) is 0 Å². The predicted octanol–water partition coefficient (Wildman–Crippen LogP) is -2.67. The highest BCUT2D eigenvalue weighted by Gasteiger charge is 2.23. The van der Waals surface area contributed by atoms with Crippen LogP contribution in [0.1, 0.15) is 65.2 Å². The lowest BCUT2D eigenvalue weighted by atomic mass is 10.2. The van der Waals surface area contributed by atoms with Crippen LogP contribution in [0.5, 0.6) is 0 Å². The van der Waals surface area contributed by atoms with Crippen molar-refractivity contribution in [2.24, 2.45) is 5.73 Å². The number of hydrogen-bond acceptors (Lipinski definition) is 7. The first-order chi connectivity index (χ1) is 13.1. The molecule has 0 spiro atoms. The van der Waals surface area contributed by atoms with E-state index in [2.05, 4.69) is 19.6 Å². The third-order valence-corrected chi connectivity index (χ3v) is 3.46. The monoisotopic (exact) mass is 442 g/mol. The zero-order chi connectivity index (χ0) is 21.9. The standard InChI is InChI=1S/C14H27NO4.C4H7NO4.ClH/c1-3-5-7-9-18-13(16)11-12(15)14(17)19-10-8-6-4-2;5-2(4(8)9)1-3(6)7;/h12H,3-11,15H2,1-2H3;2H,1,5H2,(H,6,7)(H,8,9);1H/t12-;2-;/m00./s1. The minimum Gasteiger partial charge on any atom is -1.00 e. The average molecular weight is 443 g/mol. The number of quaternary nitrogens is 1. The van der Waals surface area contributed by atoms with Crippen LogP contribution in [0.15, 0.2) is 0 Å². The minimum absolute atomic E-state index is 0. The van der Waals surface area contributed by atoms with Gasteiger partial charge in [0, 0.05) is 0 Å². The molecule has 0 aromatic carbocycles. The fourth-order valence-corrected chi connectivity index (χ4v) is 1.80. The predicted molar refractivity (Wildman–Crippen MR) is 100 cm³/mol. The molecule has 0 amide bonds. The lowest BCUT2D eigenvalue weighted by molar-refractivity contribution is -0.407. The van der Waals surface area contributed by atoms with Crippen molar-refractivity contribution in [1.82, 2.24) is 0 Å². The van der Waals surface area contributed by atoms with Crippen molar-refractivity contribution in [2.45, 2.75) is 77.3 Å². The SMILES string of the molecule is CCCCCOC(=O)C[C@H]([NH3+])C(=O)OCCCCC.N[C@@H](CC(=O)O)C(=O)O.[Cl-]. The number of carbonyl (C=O) groups is 4. The van der Waals surface area contributed by atoms with Gasteiger partial charge < -0.3 is 43.6 Å². The topological polar surface area (TPSA) is 181 Å². The Labute approximate surface area is 177 Å². The van der Waals surface area contributed by atoms with Gasteiger partial charge in [-0.1, -0.05) is 39.5 Å². The number of ether oxygens (including phenoxy) is 2. The van der Waals surface area contributed by atoms with Gasteiger partial charge >= 0.3 is 23.9 Å². The van der Waals surface area contributed by atoms with Gasteiger partial charge in [-0.2, -0.15) is 0 Å². The van der Waals surface area contributed by atoms with Crippen molar-refractivity contribution in [3.8, 4) is 0 Å². The van der Waals surface area contributed by atoms with Gasteiger partial charge in [0.05, 0.1) is 19.6 Å². The summed E-state index contributed by atoms with van der Waals surface area (Å²) in [6.45, 7) is 5.00. The fraction of sp³-hybridized carbons (Fsp3) is 0.778. The van der Waals surface area contributed by atoms with E-state index in [4.69, 9.17) is 25.4 Å². The Morgan fingerprint density at radius 1 is 0.897 bits per heavy atom. The van der Waals surface area contributed by atoms with E-state index in [1.54, 1.807) is 0 Å². The Hall–Kier alpha value is -1.91. The van der Waals surface area contributed by atoms with Gasteiger partial charge in [0.2, 0.25) is 0 Å². The Balaban J connectivity index is -0.000000572. The summed E-state index contributed by atoms with van der Waals surface area (Å²) >= 11 is 0. The number of carboxylic acid groups (broad SMARTS) is 2. The largest absolute Gasteiger partial charge is 1.00 e. The number of aliphatic carboxylic acids is 2. The van der Waals surface area contributed by atoms with Gasteiger partial charge in [-0.25, -0.2) is 4.79 Å². The molecule has 0 heterocycles. The lowest BCUT2D eigenvalue weighted by Crippen LogP contribution is -3.00. The van der Waals surface area contributed by atoms with Crippen LogP contribution >= 0.6 is 0 Å². The molecule has 0 aromatic heterocycles. The summed E-state index contributed by atoms with van der Waals surface area (Å²) in [5, 5.41) is 16.0. The van der Waals surface area contributed by atoms with Crippen LogP contribution in [0.4, 0.5) is 0 Å². The summed E-state index contributed by atoms with van der Waals surface area (Å²) in [6.07, 6.45) is 5.43. The quantitative estimate of drug-likeness (QED) is 0.165. The lowest BCUT2D eigenvalue weighted by Gasteiger charge is -2.09. The summed E-state index contributed by atoms with van der Waals surface area (Å²) < 4.78 is 10.1. The molecule has 10 nitrogen and oxygen atoms in total. The zero-order valence-electron chi connectivity index (χ0n) is 17.2. The number of carboxylic acids is 2. The second-order valence-electron chi connectivity index (χ2n) is 6.25. The van der Waals surface area contributed by atoms with Gasteiger partial charge in [0.15, 0.2) is 6.04 Å². The zero-order valence-corrected chi connectivity index (χ0v) is 18.0. The van der Waals surface area contributed by atoms with Crippen LogP contribution in [-0.4, -0.2) is 59.4 Å². The van der Waals surface area contributed by atoms with Crippen molar-refractivity contribution in [1.29, 1.82) is 0 Å². The third-order valence-electron chi connectivity index (χ3n) is 3.46. The molecule has 0 aliphatic heterocycles. The van der Waals surface area contributed by atoms with E-state index in [9.17, 15) is 19.2 Å². The average Bonchev–Trinajstić information content (AvgIpc) is 2.62. The molecule has 7 N–H and O–H groups in total. The van der Waals surface area contributed by atoms with Crippen LogP contribution in [0.3, 0.4) is 0 Å². The molecule has 0 unspecified atom stereocenters. The maximum Gasteiger partial charge on any atom is 0.365 e. The van der Waals surface area contributed by atoms with Gasteiger partial charge in [-0.05, 0) is 12.8 Å². The molecule has 0 aliphatic rings. The van der Waals surface area contributed by atoms with E-state index in [-0.39, 0.29) is 24.8 Å². The molecular formula is C18H35ClN2O8. The first kappa shape index (κ1) is 31.8. The first-order valence-electron chi connectivity index (χ1n) is 9.51. The van der Waals surface area contributed by atoms with Gasteiger partial charge in [-0.3, -0.25) is 14.4 Å². The number of nitrogens with two attached hydrogens (primary N) is 1. The highest BCUT2D eigenvalue weighted by Crippen LogP contribution is 2.00. The maximum atomic E-state index is 11.5. The van der Waals surface area contributed by atoms with Crippen molar-refractivity contribution in [3.63, 3.8) is 0 Å². The van der Waals surface area contributed by atoms with Crippen molar-refractivity contribution >= 4 is 23.9 Å². The van der Waals surface area contributed by atoms with Crippen molar-refractivity contribution in [3.05, 3.63) is 0 Å². The summed E-state index contributed by atoms with van der Waals surface area (Å²) in [6, 6.07) is -1.96. The molecule has 0 rings (SSSR count). The second kappa shape index (κ2) is 20.8. The molecular weight excluding hydrogens is 408 g/mol. The maximum absolute atomic E-state index is 11.5. The Kier molecular flexibility index (Phi) is 22.8. The van der Waals surface area contributed by atoms with E-state index in [0.29, 0.717) is 13.2 Å². The molecule has 0 aromatic rings. The Morgan fingerprint density at radius 2 is 1.38 bits per heavy atom.